The van der Waals surface area contributed by atoms with Crippen LogP contribution >= 0.6 is 0 Å². The molecule has 172 valence electrons. The molecule has 0 radical (unpaired) electrons. The van der Waals surface area contributed by atoms with Gasteiger partial charge >= 0.3 is 5.97 Å². The summed E-state index contributed by atoms with van der Waals surface area (Å²) in [4.78, 5) is 11.8. The Morgan fingerprint density at radius 3 is 2.44 bits per heavy atom. The molecule has 0 amide bonds. The second kappa shape index (κ2) is 9.77. The van der Waals surface area contributed by atoms with Crippen molar-refractivity contribution >= 4 is 22.0 Å². The zero-order valence-corrected chi connectivity index (χ0v) is 18.4. The van der Waals surface area contributed by atoms with E-state index in [1.807, 2.05) is 0 Å². The van der Waals surface area contributed by atoms with Gasteiger partial charge in [-0.15, -0.1) is 0 Å². The van der Waals surface area contributed by atoms with Gasteiger partial charge in [0.1, 0.15) is 16.4 Å². The highest BCUT2D eigenvalue weighted by Crippen LogP contribution is 2.49. The standard InChI is InChI=1S/C23H25F2NO5S/c1-2-31-22(27)13-16-9-11-23(12-10-16,20-14-18(24)5-8-21(20)25)32(29,30)19-6-3-17(4-7-19)15-26-28/h3-8,14-16,28H,2,9-13H2,1H3/b26-15-. The summed E-state index contributed by atoms with van der Waals surface area (Å²) in [5.41, 5.74) is 0.281. The fourth-order valence-corrected chi connectivity index (χ4v) is 6.52. The third-order valence-electron chi connectivity index (χ3n) is 6.00. The monoisotopic (exact) mass is 465 g/mol. The number of hydrogen-bond donors (Lipinski definition) is 1. The number of ether oxygens (including phenoxy) is 1. The highest BCUT2D eigenvalue weighted by atomic mass is 32.2. The average molecular weight is 466 g/mol. The predicted molar refractivity (Wildman–Crippen MR) is 114 cm³/mol. The van der Waals surface area contributed by atoms with Crippen LogP contribution in [0.4, 0.5) is 8.78 Å². The predicted octanol–water partition coefficient (Wildman–Crippen LogP) is 4.59. The molecule has 2 aromatic carbocycles. The topological polar surface area (TPSA) is 93.0 Å². The number of nitrogens with zero attached hydrogens (tertiary/aromatic N) is 1. The van der Waals surface area contributed by atoms with Crippen LogP contribution < -0.4 is 0 Å². The molecule has 1 fully saturated rings. The van der Waals surface area contributed by atoms with Gasteiger partial charge in [-0.05, 0) is 74.4 Å². The quantitative estimate of drug-likeness (QED) is 0.280. The first-order chi connectivity index (χ1) is 15.2. The fraction of sp³-hybridized carbons (Fsp3) is 0.391. The first-order valence-electron chi connectivity index (χ1n) is 10.4. The van der Waals surface area contributed by atoms with Crippen LogP contribution in [-0.2, 0) is 24.1 Å². The van der Waals surface area contributed by atoms with E-state index in [4.69, 9.17) is 9.94 Å². The van der Waals surface area contributed by atoms with Crippen molar-refractivity contribution in [2.45, 2.75) is 48.7 Å². The van der Waals surface area contributed by atoms with Gasteiger partial charge < -0.3 is 9.94 Å². The van der Waals surface area contributed by atoms with E-state index in [-0.39, 0.29) is 48.2 Å². The number of carbonyl (C=O) groups excluding carboxylic acids is 1. The summed E-state index contributed by atoms with van der Waals surface area (Å²) in [5.74, 6) is -1.97. The first kappa shape index (κ1) is 23.8. The SMILES string of the molecule is CCOC(=O)CC1CCC(c2cc(F)ccc2F)(S(=O)(=O)c2ccc(/C=N\O)cc2)CC1. The van der Waals surface area contributed by atoms with Gasteiger partial charge in [0.05, 0.1) is 17.7 Å². The molecule has 9 heteroatoms. The molecule has 1 aliphatic rings. The number of halogens is 2. The van der Waals surface area contributed by atoms with E-state index in [1.54, 1.807) is 6.92 Å². The molecule has 0 aromatic heterocycles. The Morgan fingerprint density at radius 2 is 1.84 bits per heavy atom. The molecule has 0 bridgehead atoms. The normalized spacial score (nSPS) is 21.5. The van der Waals surface area contributed by atoms with E-state index < -0.39 is 26.2 Å². The first-order valence-corrected chi connectivity index (χ1v) is 11.8. The number of benzene rings is 2. The number of oxime groups is 1. The van der Waals surface area contributed by atoms with Crippen molar-refractivity contribution in [1.29, 1.82) is 0 Å². The summed E-state index contributed by atoms with van der Waals surface area (Å²) in [6, 6.07) is 8.49. The van der Waals surface area contributed by atoms with Crippen molar-refractivity contribution in [3.8, 4) is 0 Å². The van der Waals surface area contributed by atoms with E-state index in [2.05, 4.69) is 5.16 Å². The number of carbonyl (C=O) groups is 1. The molecule has 32 heavy (non-hydrogen) atoms. The molecule has 6 nitrogen and oxygen atoms in total. The number of sulfone groups is 1. The zero-order valence-electron chi connectivity index (χ0n) is 17.6. The van der Waals surface area contributed by atoms with E-state index in [1.165, 1.54) is 24.3 Å². The van der Waals surface area contributed by atoms with Crippen molar-refractivity contribution < 1.29 is 31.9 Å². The summed E-state index contributed by atoms with van der Waals surface area (Å²) in [7, 11) is -4.14. The minimum absolute atomic E-state index is 0.0413. The van der Waals surface area contributed by atoms with E-state index in [0.717, 1.165) is 24.4 Å². The lowest BCUT2D eigenvalue weighted by molar-refractivity contribution is -0.144. The molecule has 2 aromatic rings. The average Bonchev–Trinajstić information content (AvgIpc) is 2.77. The minimum Gasteiger partial charge on any atom is -0.466 e. The molecule has 1 saturated carbocycles. The van der Waals surface area contributed by atoms with Gasteiger partial charge in [0.25, 0.3) is 0 Å². The maximum absolute atomic E-state index is 14.9. The largest absolute Gasteiger partial charge is 0.466 e. The van der Waals surface area contributed by atoms with Crippen LogP contribution in [0.3, 0.4) is 0 Å². The lowest BCUT2D eigenvalue weighted by atomic mass is 9.76. The minimum atomic E-state index is -4.14. The molecule has 0 heterocycles. The maximum atomic E-state index is 14.9. The van der Waals surface area contributed by atoms with Gasteiger partial charge in [0.2, 0.25) is 0 Å². The fourth-order valence-electron chi connectivity index (χ4n) is 4.36. The molecule has 0 spiro atoms. The van der Waals surface area contributed by atoms with Crippen LogP contribution in [0, 0.1) is 17.6 Å². The summed E-state index contributed by atoms with van der Waals surface area (Å²) in [6.07, 6.45) is 2.09. The lowest BCUT2D eigenvalue weighted by Crippen LogP contribution is -2.41. The Hall–Kier alpha value is -2.81. The van der Waals surface area contributed by atoms with Crippen LogP contribution in [0.25, 0.3) is 0 Å². The molecule has 1 aliphatic carbocycles. The number of hydrogen-bond acceptors (Lipinski definition) is 6. The van der Waals surface area contributed by atoms with E-state index in [9.17, 15) is 22.0 Å². The summed E-state index contributed by atoms with van der Waals surface area (Å²) in [5, 5.41) is 11.6. The second-order valence-electron chi connectivity index (χ2n) is 7.89. The molecule has 1 N–H and O–H groups in total. The highest BCUT2D eigenvalue weighted by Gasteiger charge is 2.50. The molecule has 3 rings (SSSR count). The van der Waals surface area contributed by atoms with Crippen molar-refractivity contribution in [2.24, 2.45) is 11.1 Å². The highest BCUT2D eigenvalue weighted by molar-refractivity contribution is 7.92. The Bertz CT molecular complexity index is 1090. The maximum Gasteiger partial charge on any atom is 0.306 e. The Kier molecular flexibility index (Phi) is 7.28. The van der Waals surface area contributed by atoms with Crippen molar-refractivity contribution in [3.05, 3.63) is 65.2 Å². The number of rotatable bonds is 7. The summed E-state index contributed by atoms with van der Waals surface area (Å²) < 4.78 is 59.9. The van der Waals surface area contributed by atoms with Gasteiger partial charge in [-0.1, -0.05) is 17.3 Å². The third kappa shape index (κ3) is 4.67. The Labute approximate surface area is 185 Å². The molecular weight excluding hydrogens is 440 g/mol. The smallest absolute Gasteiger partial charge is 0.306 e. The van der Waals surface area contributed by atoms with Crippen LogP contribution in [-0.4, -0.2) is 32.4 Å². The molecular formula is C23H25F2NO5S. The molecule has 0 aliphatic heterocycles. The van der Waals surface area contributed by atoms with Gasteiger partial charge in [-0.25, -0.2) is 17.2 Å². The van der Waals surface area contributed by atoms with Gasteiger partial charge in [0.15, 0.2) is 9.84 Å². The van der Waals surface area contributed by atoms with Crippen molar-refractivity contribution in [2.75, 3.05) is 6.61 Å². The van der Waals surface area contributed by atoms with Crippen LogP contribution in [0.5, 0.6) is 0 Å². The van der Waals surface area contributed by atoms with Crippen LogP contribution in [0.2, 0.25) is 0 Å². The Balaban J connectivity index is 2.02. The Morgan fingerprint density at radius 1 is 1.19 bits per heavy atom. The lowest BCUT2D eigenvalue weighted by Gasteiger charge is -2.40. The van der Waals surface area contributed by atoms with Crippen LogP contribution in [0.15, 0.2) is 52.5 Å². The van der Waals surface area contributed by atoms with E-state index >= 15 is 0 Å². The molecule has 0 atom stereocenters. The molecule has 0 unspecified atom stereocenters. The zero-order chi connectivity index (χ0) is 23.4. The number of esters is 1. The van der Waals surface area contributed by atoms with Gasteiger partial charge in [-0.3, -0.25) is 4.79 Å². The van der Waals surface area contributed by atoms with Crippen molar-refractivity contribution in [3.63, 3.8) is 0 Å². The molecule has 0 saturated heterocycles. The third-order valence-corrected chi connectivity index (χ3v) is 8.55. The van der Waals surface area contributed by atoms with Crippen molar-refractivity contribution in [1.82, 2.24) is 0 Å². The summed E-state index contributed by atoms with van der Waals surface area (Å²) >= 11 is 0. The van der Waals surface area contributed by atoms with Gasteiger partial charge in [0, 0.05) is 12.0 Å². The van der Waals surface area contributed by atoms with Crippen LogP contribution in [0.1, 0.15) is 50.2 Å². The van der Waals surface area contributed by atoms with Gasteiger partial charge in [-0.2, -0.15) is 0 Å². The second-order valence-corrected chi connectivity index (χ2v) is 10.1. The summed E-state index contributed by atoms with van der Waals surface area (Å²) in [6.45, 7) is 1.97. The van der Waals surface area contributed by atoms with E-state index in [0.29, 0.717) is 18.4 Å².